The van der Waals surface area contributed by atoms with E-state index in [0.29, 0.717) is 0 Å². The topological polar surface area (TPSA) is 66.9 Å². The van der Waals surface area contributed by atoms with Crippen molar-refractivity contribution in [2.75, 3.05) is 11.9 Å². The summed E-state index contributed by atoms with van der Waals surface area (Å²) in [4.78, 5) is 19.4. The average Bonchev–Trinajstić information content (AvgIpc) is 2.34. The first-order valence-electron chi connectivity index (χ1n) is 5.78. The number of anilines is 1. The minimum atomic E-state index is -4.46. The molecule has 0 aliphatic carbocycles. The van der Waals surface area contributed by atoms with Crippen LogP contribution in [-0.2, 0) is 4.79 Å². The number of rotatable bonds is 5. The fourth-order valence-electron chi connectivity index (χ4n) is 1.37. The van der Waals surface area contributed by atoms with E-state index in [1.54, 1.807) is 6.92 Å². The zero-order valence-electron chi connectivity index (χ0n) is 10.9. The lowest BCUT2D eigenvalue weighted by Crippen LogP contribution is -2.52. The van der Waals surface area contributed by atoms with Crippen molar-refractivity contribution in [1.82, 2.24) is 15.3 Å². The number of hydrogen-bond acceptors (Lipinski definition) is 4. The highest BCUT2D eigenvalue weighted by Crippen LogP contribution is 2.19. The summed E-state index contributed by atoms with van der Waals surface area (Å²) in [6.45, 7) is 1.77. The Hall–Kier alpha value is -1.57. The molecule has 1 rings (SSSR count). The van der Waals surface area contributed by atoms with Crippen LogP contribution in [0.4, 0.5) is 19.0 Å². The Bertz CT molecular complexity index is 483. The van der Waals surface area contributed by atoms with Crippen LogP contribution in [-0.4, -0.2) is 34.1 Å². The minimum absolute atomic E-state index is 0.0239. The van der Waals surface area contributed by atoms with E-state index in [1.807, 2.05) is 5.32 Å². The number of nitrogens with zero attached hydrogens (tertiary/aromatic N) is 2. The van der Waals surface area contributed by atoms with E-state index in [2.05, 4.69) is 15.3 Å². The van der Waals surface area contributed by atoms with Gasteiger partial charge in [-0.3, -0.25) is 4.79 Å². The first-order valence-corrected chi connectivity index (χ1v) is 6.16. The van der Waals surface area contributed by atoms with Gasteiger partial charge >= 0.3 is 6.18 Å². The molecular weight excluding hydrogens is 297 g/mol. The summed E-state index contributed by atoms with van der Waals surface area (Å²) >= 11 is 5.61. The maximum atomic E-state index is 12.1. The van der Waals surface area contributed by atoms with Crippen LogP contribution in [0.3, 0.4) is 0 Å². The molecule has 0 aliphatic heterocycles. The summed E-state index contributed by atoms with van der Waals surface area (Å²) < 4.78 is 36.3. The Morgan fingerprint density at radius 1 is 1.45 bits per heavy atom. The summed E-state index contributed by atoms with van der Waals surface area (Å²) in [6.07, 6.45) is -2.82. The van der Waals surface area contributed by atoms with E-state index in [4.69, 9.17) is 11.6 Å². The van der Waals surface area contributed by atoms with Crippen molar-refractivity contribution in [2.45, 2.75) is 32.0 Å². The molecule has 5 nitrogen and oxygen atoms in total. The maximum absolute atomic E-state index is 12.1. The molecule has 0 aliphatic rings. The van der Waals surface area contributed by atoms with E-state index in [9.17, 15) is 18.0 Å². The highest BCUT2D eigenvalue weighted by atomic mass is 35.5. The van der Waals surface area contributed by atoms with Crippen LogP contribution in [0.2, 0.25) is 5.28 Å². The number of hydrogen-bond donors (Lipinski definition) is 2. The van der Waals surface area contributed by atoms with Crippen LogP contribution in [0.15, 0.2) is 12.3 Å². The summed E-state index contributed by atoms with van der Waals surface area (Å²) in [5, 5.41) is 4.59. The lowest BCUT2D eigenvalue weighted by atomic mass is 9.97. The summed E-state index contributed by atoms with van der Waals surface area (Å²) in [6, 6.07) is 1.47. The van der Waals surface area contributed by atoms with E-state index in [0.717, 1.165) is 0 Å². The number of carbonyl (C=O) groups excluding carboxylic acids is 1. The first kappa shape index (κ1) is 16.5. The second-order valence-corrected chi connectivity index (χ2v) is 4.66. The summed E-state index contributed by atoms with van der Waals surface area (Å²) in [7, 11) is 0. The largest absolute Gasteiger partial charge is 0.405 e. The second kappa shape index (κ2) is 6.25. The number of alkyl halides is 3. The second-order valence-electron chi connectivity index (χ2n) is 4.32. The molecule has 0 aromatic carbocycles. The van der Waals surface area contributed by atoms with Gasteiger partial charge in [0.15, 0.2) is 0 Å². The van der Waals surface area contributed by atoms with Gasteiger partial charge in [-0.15, -0.1) is 0 Å². The normalized spacial score (nSPS) is 14.5. The van der Waals surface area contributed by atoms with Crippen molar-refractivity contribution in [1.29, 1.82) is 0 Å². The molecule has 0 unspecified atom stereocenters. The Balaban J connectivity index is 2.78. The molecule has 1 heterocycles. The van der Waals surface area contributed by atoms with Crippen LogP contribution in [0, 0.1) is 0 Å². The van der Waals surface area contributed by atoms with Crippen LogP contribution in [0.1, 0.15) is 20.3 Å². The highest BCUT2D eigenvalue weighted by molar-refractivity contribution is 6.28. The SMILES string of the molecule is CC[C@@](C)(Nc1ccnc(Cl)n1)C(=O)NCC(F)(F)F. The lowest BCUT2D eigenvalue weighted by Gasteiger charge is -2.29. The third-order valence-electron chi connectivity index (χ3n) is 2.69. The summed E-state index contributed by atoms with van der Waals surface area (Å²) in [5.74, 6) is -0.511. The van der Waals surface area contributed by atoms with E-state index >= 15 is 0 Å². The number of carbonyl (C=O) groups is 1. The van der Waals surface area contributed by atoms with Crippen molar-refractivity contribution in [3.05, 3.63) is 17.5 Å². The molecule has 9 heteroatoms. The van der Waals surface area contributed by atoms with Crippen molar-refractivity contribution in [3.63, 3.8) is 0 Å². The molecule has 112 valence electrons. The average molecular weight is 311 g/mol. The highest BCUT2D eigenvalue weighted by Gasteiger charge is 2.35. The van der Waals surface area contributed by atoms with Gasteiger partial charge in [0.1, 0.15) is 17.9 Å². The number of aromatic nitrogens is 2. The monoisotopic (exact) mass is 310 g/mol. The molecule has 1 amide bonds. The van der Waals surface area contributed by atoms with Crippen LogP contribution in [0.25, 0.3) is 0 Å². The molecule has 0 fully saturated rings. The third-order valence-corrected chi connectivity index (χ3v) is 2.87. The minimum Gasteiger partial charge on any atom is -0.356 e. The molecule has 1 atom stereocenters. The fraction of sp³-hybridized carbons (Fsp3) is 0.545. The smallest absolute Gasteiger partial charge is 0.356 e. The molecule has 1 aromatic rings. The van der Waals surface area contributed by atoms with Gasteiger partial charge in [-0.1, -0.05) is 6.92 Å². The van der Waals surface area contributed by atoms with Crippen molar-refractivity contribution < 1.29 is 18.0 Å². The van der Waals surface area contributed by atoms with Crippen molar-refractivity contribution in [2.24, 2.45) is 0 Å². The van der Waals surface area contributed by atoms with Gasteiger partial charge in [0.25, 0.3) is 0 Å². The van der Waals surface area contributed by atoms with Gasteiger partial charge in [-0.05, 0) is 31.0 Å². The fourth-order valence-corrected chi connectivity index (χ4v) is 1.52. The molecular formula is C11H14ClF3N4O. The van der Waals surface area contributed by atoms with Gasteiger partial charge in [-0.25, -0.2) is 9.97 Å². The van der Waals surface area contributed by atoms with Crippen molar-refractivity contribution in [3.8, 4) is 0 Å². The third kappa shape index (κ3) is 4.84. The van der Waals surface area contributed by atoms with Gasteiger partial charge in [0.2, 0.25) is 11.2 Å². The quantitative estimate of drug-likeness (QED) is 0.820. The first-order chi connectivity index (χ1) is 9.16. The standard InChI is InChI=1S/C11H14ClF3N4O/c1-3-10(2,8(20)17-6-11(13,14)15)19-7-4-5-16-9(12)18-7/h4-5H,3,6H2,1-2H3,(H,17,20)(H,16,18,19)/t10-/m1/s1. The van der Waals surface area contributed by atoms with Gasteiger partial charge < -0.3 is 10.6 Å². The molecule has 0 radical (unpaired) electrons. The van der Waals surface area contributed by atoms with Gasteiger partial charge in [0, 0.05) is 6.20 Å². The van der Waals surface area contributed by atoms with E-state index in [-0.39, 0.29) is 17.5 Å². The Morgan fingerprint density at radius 2 is 2.10 bits per heavy atom. The van der Waals surface area contributed by atoms with Crippen LogP contribution < -0.4 is 10.6 Å². The molecule has 20 heavy (non-hydrogen) atoms. The molecule has 0 spiro atoms. The molecule has 0 saturated carbocycles. The zero-order chi connectivity index (χ0) is 15.4. The Labute approximate surface area is 118 Å². The Morgan fingerprint density at radius 3 is 2.60 bits per heavy atom. The molecule has 2 N–H and O–H groups in total. The van der Waals surface area contributed by atoms with Crippen molar-refractivity contribution >= 4 is 23.3 Å². The van der Waals surface area contributed by atoms with E-state index < -0.39 is 24.2 Å². The number of halogens is 4. The lowest BCUT2D eigenvalue weighted by molar-refractivity contribution is -0.140. The van der Waals surface area contributed by atoms with E-state index in [1.165, 1.54) is 19.2 Å². The molecule has 1 aromatic heterocycles. The van der Waals surface area contributed by atoms with Gasteiger partial charge in [-0.2, -0.15) is 13.2 Å². The molecule has 0 bridgehead atoms. The number of nitrogens with one attached hydrogen (secondary N) is 2. The Kier molecular flexibility index (Phi) is 5.15. The predicted molar refractivity (Wildman–Crippen MR) is 68.4 cm³/mol. The molecule has 0 saturated heterocycles. The van der Waals surface area contributed by atoms with Crippen LogP contribution in [0.5, 0.6) is 0 Å². The zero-order valence-corrected chi connectivity index (χ0v) is 11.6. The summed E-state index contributed by atoms with van der Waals surface area (Å²) in [5.41, 5.74) is -1.23. The van der Waals surface area contributed by atoms with Gasteiger partial charge in [0.05, 0.1) is 0 Å². The predicted octanol–water partition coefficient (Wildman–Crippen LogP) is 2.39. The van der Waals surface area contributed by atoms with Crippen LogP contribution >= 0.6 is 11.6 Å². The maximum Gasteiger partial charge on any atom is 0.405 e. The number of amides is 1.